The van der Waals surface area contributed by atoms with Crippen molar-refractivity contribution in [1.29, 1.82) is 0 Å². The number of alkyl halides is 3. The van der Waals surface area contributed by atoms with Crippen LogP contribution in [0.2, 0.25) is 0 Å². The third-order valence-corrected chi connectivity index (χ3v) is 5.74. The van der Waals surface area contributed by atoms with Gasteiger partial charge in [0, 0.05) is 11.4 Å². The number of imidazole rings is 1. The van der Waals surface area contributed by atoms with E-state index in [1.54, 1.807) is 24.3 Å². The zero-order valence-corrected chi connectivity index (χ0v) is 17.6. The number of benzene rings is 1. The van der Waals surface area contributed by atoms with Crippen molar-refractivity contribution >= 4 is 79.6 Å². The highest BCUT2D eigenvalue weighted by atomic mass is 79.9. The maximum absolute atomic E-state index is 14.0. The molecule has 2 unspecified atom stereocenters. The molecule has 0 bridgehead atoms. The van der Waals surface area contributed by atoms with E-state index in [4.69, 9.17) is 23.1 Å². The van der Waals surface area contributed by atoms with E-state index in [0.29, 0.717) is 16.9 Å². The highest BCUT2D eigenvalue weighted by Gasteiger charge is 2.48. The minimum atomic E-state index is -2.59. The number of hydrogen-bond acceptors (Lipinski definition) is 10. The lowest BCUT2D eigenvalue weighted by atomic mass is 10.3. The van der Waals surface area contributed by atoms with E-state index in [0.717, 1.165) is 0 Å². The predicted molar refractivity (Wildman–Crippen MR) is 112 cm³/mol. The van der Waals surface area contributed by atoms with Crippen molar-refractivity contribution in [3.63, 3.8) is 0 Å². The number of rotatable bonds is 7. The second kappa shape index (κ2) is 7.87. The molecule has 28 heavy (non-hydrogen) atoms. The number of anilines is 3. The summed E-state index contributed by atoms with van der Waals surface area (Å²) in [7, 11) is 0. The van der Waals surface area contributed by atoms with Crippen molar-refractivity contribution in [3.8, 4) is 0 Å². The smallest absolute Gasteiger partial charge is 0.287 e. The van der Waals surface area contributed by atoms with Gasteiger partial charge in [-0.2, -0.15) is 0 Å². The van der Waals surface area contributed by atoms with Crippen LogP contribution >= 0.6 is 51.2 Å². The van der Waals surface area contributed by atoms with Gasteiger partial charge in [0.05, 0.1) is 6.33 Å². The number of aromatic nitrogens is 4. The van der Waals surface area contributed by atoms with Crippen LogP contribution in [0.5, 0.6) is 0 Å². The highest BCUT2D eigenvalue weighted by Crippen LogP contribution is 2.52. The Kier molecular flexibility index (Phi) is 5.86. The summed E-state index contributed by atoms with van der Waals surface area (Å²) in [6, 6.07) is 6.82. The molecule has 6 N–H and O–H groups in total. The fourth-order valence-electron chi connectivity index (χ4n) is 2.22. The maximum atomic E-state index is 14.0. The van der Waals surface area contributed by atoms with Gasteiger partial charge in [0.25, 0.3) is 15.3 Å². The summed E-state index contributed by atoms with van der Waals surface area (Å²) in [5, 5.41) is 14.1. The molecule has 0 fully saturated rings. The summed E-state index contributed by atoms with van der Waals surface area (Å²) in [6.45, 7) is 0. The van der Waals surface area contributed by atoms with Crippen LogP contribution in [0.15, 0.2) is 30.6 Å². The Balaban J connectivity index is 2.11. The van der Waals surface area contributed by atoms with Crippen molar-refractivity contribution in [3.05, 3.63) is 46.5 Å². The van der Waals surface area contributed by atoms with Crippen LogP contribution in [0, 0.1) is 10.1 Å². The molecule has 0 radical (unpaired) electrons. The predicted octanol–water partition coefficient (Wildman–Crippen LogP) is 3.62. The lowest BCUT2D eigenvalue weighted by Gasteiger charge is -2.24. The first-order valence-corrected chi connectivity index (χ1v) is 10.1. The lowest BCUT2D eigenvalue weighted by Crippen LogP contribution is -2.35. The van der Waals surface area contributed by atoms with Crippen LogP contribution in [0.3, 0.4) is 0 Å². The van der Waals surface area contributed by atoms with Gasteiger partial charge in [-0.3, -0.25) is 15.8 Å². The monoisotopic (exact) mass is 508 g/mol. The quantitative estimate of drug-likeness (QED) is 0.0924. The van der Waals surface area contributed by atoms with Gasteiger partial charge in [-0.1, -0.05) is 17.7 Å². The molecule has 0 aliphatic rings. The summed E-state index contributed by atoms with van der Waals surface area (Å²) in [6.07, 6.45) is 1.37. The summed E-state index contributed by atoms with van der Waals surface area (Å²) in [5.74, 6) is -0.0385. The molecule has 3 rings (SSSR count). The van der Waals surface area contributed by atoms with Gasteiger partial charge in [0.1, 0.15) is 9.85 Å². The van der Waals surface area contributed by atoms with Crippen LogP contribution in [-0.2, 0) is 4.20 Å². The third-order valence-electron chi connectivity index (χ3n) is 3.22. The largest absolute Gasteiger partial charge is 0.399 e. The van der Waals surface area contributed by atoms with E-state index in [2.05, 4.69) is 41.2 Å². The maximum Gasteiger partial charge on any atom is 0.287 e. The molecule has 0 saturated carbocycles. The van der Waals surface area contributed by atoms with Crippen molar-refractivity contribution in [2.45, 2.75) is 7.57 Å². The number of nitrogens with one attached hydrogen (secondary N) is 2. The second-order valence-electron chi connectivity index (χ2n) is 5.28. The Morgan fingerprint density at radius 1 is 1.43 bits per heavy atom. The number of aromatic amines is 1. The van der Waals surface area contributed by atoms with Gasteiger partial charge >= 0.3 is 0 Å². The number of nitrogens with two attached hydrogens (primary N) is 2. The van der Waals surface area contributed by atoms with Crippen molar-refractivity contribution in [2.24, 2.45) is 5.73 Å². The van der Waals surface area contributed by atoms with E-state index < -0.39 is 11.9 Å². The lowest BCUT2D eigenvalue weighted by molar-refractivity contribution is -0.285. The molecular weight excluding hydrogens is 499 g/mol. The topological polar surface area (TPSA) is 162 Å². The summed E-state index contributed by atoms with van der Waals surface area (Å²) >= 11 is 8.31. The number of halogens is 3. The second-order valence-corrected chi connectivity index (χ2v) is 10.9. The number of thioether (sulfide) groups is 1. The average Bonchev–Trinajstić information content (AvgIpc) is 3.01. The normalized spacial score (nSPS) is 15.7. The van der Waals surface area contributed by atoms with Crippen LogP contribution in [-0.4, -0.2) is 27.6 Å². The van der Waals surface area contributed by atoms with E-state index >= 15 is 0 Å². The number of nitrogen functional groups attached to an aromatic ring is 1. The van der Waals surface area contributed by atoms with Gasteiger partial charge in [-0.15, -0.1) is 0 Å². The number of hydrogen-bond donors (Lipinski definition) is 4. The minimum Gasteiger partial charge on any atom is -0.399 e. The number of fused-ring (bicyclic) bond motifs is 1. The Hall–Kier alpha value is -1.87. The summed E-state index contributed by atoms with van der Waals surface area (Å²) < 4.78 is 8.55. The molecule has 10 nitrogen and oxygen atoms in total. The molecule has 3 aromatic rings. The zero-order valence-electron chi connectivity index (χ0n) is 13.6. The fraction of sp³-hybridized carbons (Fsp3) is 0.154. The van der Waals surface area contributed by atoms with Gasteiger partial charge < -0.3 is 16.0 Å². The van der Waals surface area contributed by atoms with Crippen molar-refractivity contribution in [2.75, 3.05) is 11.1 Å². The average molecular weight is 510 g/mol. The summed E-state index contributed by atoms with van der Waals surface area (Å²) in [5.41, 5.74) is 13.5. The van der Waals surface area contributed by atoms with Crippen molar-refractivity contribution in [1.82, 2.24) is 19.9 Å². The van der Waals surface area contributed by atoms with Crippen LogP contribution in [0.25, 0.3) is 11.2 Å². The molecule has 0 aliphatic heterocycles. The molecule has 0 spiro atoms. The van der Waals surface area contributed by atoms with Crippen LogP contribution in [0.4, 0.5) is 21.6 Å². The van der Waals surface area contributed by atoms with E-state index in [1.165, 1.54) is 6.33 Å². The zero-order chi connectivity index (χ0) is 20.5. The molecule has 0 amide bonds. The first kappa shape index (κ1) is 20.9. The standard InChI is InChI=1S/C13H11BrClFN8O2S2/c14-13(15,16)27-12(18,28-24(25)26)11-22-9-8(19-5-20-9)10(23-11)21-7-3-1-2-6(17)4-7/h1-5H,17-18H2,(H2,19,20,21,22,23). The minimum absolute atomic E-state index is 0.00820. The SMILES string of the molecule is Nc1cccc(Nc2nc(C(N)(S[N+](=O)[O-])SC(F)(Cl)Br)nc3nc[nH]c23)c1. The first-order valence-electron chi connectivity index (χ1n) is 7.29. The van der Waals surface area contributed by atoms with Crippen LogP contribution < -0.4 is 16.8 Å². The van der Waals surface area contributed by atoms with Gasteiger partial charge in [0.2, 0.25) is 4.20 Å². The Labute approximate surface area is 178 Å². The van der Waals surface area contributed by atoms with Gasteiger partial charge in [-0.25, -0.2) is 19.3 Å². The van der Waals surface area contributed by atoms with E-state index in [1.807, 2.05) is 0 Å². The molecule has 148 valence electrons. The van der Waals surface area contributed by atoms with Crippen LogP contribution in [0.1, 0.15) is 5.82 Å². The molecular formula is C13H11BrClFN8O2S2. The van der Waals surface area contributed by atoms with Crippen molar-refractivity contribution < 1.29 is 8.72 Å². The molecule has 0 aliphatic carbocycles. The Morgan fingerprint density at radius 2 is 2.18 bits per heavy atom. The highest BCUT2D eigenvalue weighted by molar-refractivity contribution is 9.12. The Bertz CT molecular complexity index is 1040. The van der Waals surface area contributed by atoms with E-state index in [-0.39, 0.29) is 41.0 Å². The summed E-state index contributed by atoms with van der Waals surface area (Å²) in [4.78, 5) is 26.4. The molecule has 2 aromatic heterocycles. The fourth-order valence-corrected chi connectivity index (χ4v) is 5.41. The molecule has 15 heteroatoms. The molecule has 1 aromatic carbocycles. The number of H-pyrrole nitrogens is 1. The van der Waals surface area contributed by atoms with E-state index in [9.17, 15) is 14.5 Å². The number of nitro groups is 1. The molecule has 2 atom stereocenters. The number of nitrogens with zero attached hydrogens (tertiary/aromatic N) is 4. The van der Waals surface area contributed by atoms with Gasteiger partial charge in [0.15, 0.2) is 17.3 Å². The molecule has 2 heterocycles. The third kappa shape index (κ3) is 4.94. The molecule has 0 saturated heterocycles. The first-order chi connectivity index (χ1) is 13.1. The Morgan fingerprint density at radius 3 is 2.82 bits per heavy atom. The van der Waals surface area contributed by atoms with Gasteiger partial charge in [-0.05, 0) is 45.9 Å².